The van der Waals surface area contributed by atoms with Gasteiger partial charge in [-0.05, 0) is 12.8 Å². The van der Waals surface area contributed by atoms with Gasteiger partial charge >= 0.3 is 0 Å². The van der Waals surface area contributed by atoms with Crippen molar-refractivity contribution in [1.82, 2.24) is 0 Å². The van der Waals surface area contributed by atoms with Crippen molar-refractivity contribution in [2.45, 2.75) is 57.5 Å². The maximum atomic E-state index is 10.2. The number of aliphatic hydroxyl groups is 4. The summed E-state index contributed by atoms with van der Waals surface area (Å²) in [7, 11) is 0. The highest BCUT2D eigenvalue weighted by Gasteiger charge is 2.43. The lowest BCUT2D eigenvalue weighted by Gasteiger charge is -2.39. The van der Waals surface area contributed by atoms with Gasteiger partial charge in [-0.1, -0.05) is 20.3 Å². The lowest BCUT2D eigenvalue weighted by Crippen LogP contribution is -2.54. The van der Waals surface area contributed by atoms with E-state index in [1.165, 1.54) is 0 Å². The summed E-state index contributed by atoms with van der Waals surface area (Å²) in [5.74, 6) is -1.47. The first-order valence-corrected chi connectivity index (χ1v) is 6.93. The van der Waals surface area contributed by atoms with Crippen LogP contribution in [0.3, 0.4) is 0 Å². The van der Waals surface area contributed by atoms with Crippen molar-refractivity contribution in [1.29, 1.82) is 0 Å². The monoisotopic (exact) mass is 280 g/mol. The summed E-state index contributed by atoms with van der Waals surface area (Å²) in [6, 6.07) is 0. The van der Waals surface area contributed by atoms with Crippen LogP contribution in [-0.4, -0.2) is 64.8 Å². The minimum atomic E-state index is -1.47. The van der Waals surface area contributed by atoms with Crippen molar-refractivity contribution in [3.63, 3.8) is 0 Å². The van der Waals surface area contributed by atoms with E-state index in [2.05, 4.69) is 0 Å². The summed E-state index contributed by atoms with van der Waals surface area (Å²) in [5.41, 5.74) is 0. The highest BCUT2D eigenvalue weighted by molar-refractivity contribution is 4.84. The molecule has 6 heteroatoms. The first-order chi connectivity index (χ1) is 9.07. The quantitative estimate of drug-likeness (QED) is 0.297. The van der Waals surface area contributed by atoms with Gasteiger partial charge in [0.1, 0.15) is 6.10 Å². The molecule has 0 aliphatic carbocycles. The average Bonchev–Trinajstić information content (AvgIpc) is 2.43. The van der Waals surface area contributed by atoms with Crippen LogP contribution in [-0.2, 0) is 9.47 Å². The number of ether oxygens (including phenoxy) is 2. The van der Waals surface area contributed by atoms with Gasteiger partial charge in [0.2, 0.25) is 0 Å². The Bertz CT molecular complexity index is 213. The minimum absolute atomic E-state index is 0.0282. The van der Waals surface area contributed by atoms with Gasteiger partial charge < -0.3 is 29.9 Å². The van der Waals surface area contributed by atoms with Gasteiger partial charge in [-0.25, -0.2) is 0 Å². The Morgan fingerprint density at radius 2 is 1.63 bits per heavy atom. The summed E-state index contributed by atoms with van der Waals surface area (Å²) in [5, 5.41) is 38.0. The van der Waals surface area contributed by atoms with Crippen LogP contribution in [0.4, 0.5) is 0 Å². The zero-order valence-corrected chi connectivity index (χ0v) is 11.9. The van der Waals surface area contributed by atoms with Crippen molar-refractivity contribution in [2.75, 3.05) is 26.4 Å². The largest absolute Gasteiger partial charge is 0.396 e. The van der Waals surface area contributed by atoms with E-state index in [4.69, 9.17) is 19.7 Å². The molecule has 0 spiro atoms. The predicted octanol–water partition coefficient (Wildman–Crippen LogP) is 0.0225. The van der Waals surface area contributed by atoms with Crippen molar-refractivity contribution < 1.29 is 29.9 Å². The molecule has 6 nitrogen and oxygen atoms in total. The van der Waals surface area contributed by atoms with Crippen molar-refractivity contribution in [3.05, 3.63) is 0 Å². The topological polar surface area (TPSA) is 99.4 Å². The molecule has 0 aromatic carbocycles. The SMILES string of the molecule is CCCCOC(CCO)(OCCO)C(O)C(O)CC. The molecular weight excluding hydrogens is 252 g/mol. The van der Waals surface area contributed by atoms with Crippen LogP contribution in [0, 0.1) is 0 Å². The fraction of sp³-hybridized carbons (Fsp3) is 1.00. The molecule has 0 fully saturated rings. The zero-order valence-electron chi connectivity index (χ0n) is 11.9. The van der Waals surface area contributed by atoms with Crippen molar-refractivity contribution in [2.24, 2.45) is 0 Å². The Labute approximate surface area is 115 Å². The van der Waals surface area contributed by atoms with Gasteiger partial charge in [0, 0.05) is 13.0 Å². The number of hydrogen-bond acceptors (Lipinski definition) is 6. The Morgan fingerprint density at radius 3 is 2.11 bits per heavy atom. The van der Waals surface area contributed by atoms with Crippen LogP contribution in [0.1, 0.15) is 39.5 Å². The van der Waals surface area contributed by atoms with Crippen LogP contribution < -0.4 is 0 Å². The van der Waals surface area contributed by atoms with E-state index in [1.807, 2.05) is 6.92 Å². The molecule has 0 aromatic rings. The van der Waals surface area contributed by atoms with Crippen LogP contribution in [0.15, 0.2) is 0 Å². The maximum Gasteiger partial charge on any atom is 0.199 e. The normalized spacial score (nSPS) is 18.0. The highest BCUT2D eigenvalue weighted by atomic mass is 16.7. The van der Waals surface area contributed by atoms with E-state index in [1.54, 1.807) is 6.92 Å². The minimum Gasteiger partial charge on any atom is -0.396 e. The second-order valence-electron chi connectivity index (χ2n) is 4.48. The second-order valence-corrected chi connectivity index (χ2v) is 4.48. The van der Waals surface area contributed by atoms with Gasteiger partial charge in [0.05, 0.1) is 25.9 Å². The molecule has 19 heavy (non-hydrogen) atoms. The number of rotatable bonds is 12. The fourth-order valence-electron chi connectivity index (χ4n) is 1.78. The number of hydrogen-bond donors (Lipinski definition) is 4. The van der Waals surface area contributed by atoms with E-state index in [0.29, 0.717) is 13.0 Å². The fourth-order valence-corrected chi connectivity index (χ4v) is 1.78. The average molecular weight is 280 g/mol. The van der Waals surface area contributed by atoms with Gasteiger partial charge in [0.15, 0.2) is 5.79 Å². The third-order valence-electron chi connectivity index (χ3n) is 2.98. The Hall–Kier alpha value is -0.240. The molecule has 116 valence electrons. The number of unbranched alkanes of at least 4 members (excludes halogenated alkanes) is 1. The van der Waals surface area contributed by atoms with Crippen LogP contribution >= 0.6 is 0 Å². The van der Waals surface area contributed by atoms with Crippen LogP contribution in [0.2, 0.25) is 0 Å². The number of aliphatic hydroxyl groups excluding tert-OH is 4. The molecule has 0 aliphatic heterocycles. The third kappa shape index (κ3) is 6.16. The molecule has 3 unspecified atom stereocenters. The summed E-state index contributed by atoms with van der Waals surface area (Å²) >= 11 is 0. The molecule has 3 atom stereocenters. The molecule has 0 aliphatic rings. The van der Waals surface area contributed by atoms with E-state index in [9.17, 15) is 10.2 Å². The van der Waals surface area contributed by atoms with E-state index >= 15 is 0 Å². The van der Waals surface area contributed by atoms with Crippen molar-refractivity contribution in [3.8, 4) is 0 Å². The lowest BCUT2D eigenvalue weighted by atomic mass is 9.99. The summed E-state index contributed by atoms with van der Waals surface area (Å²) in [6.07, 6.45) is -0.199. The maximum absolute atomic E-state index is 10.2. The first-order valence-electron chi connectivity index (χ1n) is 6.93. The summed E-state index contributed by atoms with van der Waals surface area (Å²) in [4.78, 5) is 0. The second kappa shape index (κ2) is 10.5. The molecular formula is C13H28O6. The Kier molecular flexibility index (Phi) is 10.4. The molecule has 0 amide bonds. The molecule has 0 bridgehead atoms. The van der Waals surface area contributed by atoms with Gasteiger partial charge in [0.25, 0.3) is 0 Å². The molecule has 0 saturated heterocycles. The lowest BCUT2D eigenvalue weighted by molar-refractivity contribution is -0.305. The molecule has 0 aromatic heterocycles. The van der Waals surface area contributed by atoms with Gasteiger partial charge in [-0.2, -0.15) is 0 Å². The summed E-state index contributed by atoms with van der Waals surface area (Å²) in [6.45, 7) is 3.60. The molecule has 0 heterocycles. The van der Waals surface area contributed by atoms with E-state index < -0.39 is 18.0 Å². The van der Waals surface area contributed by atoms with Gasteiger partial charge in [-0.15, -0.1) is 0 Å². The molecule has 4 N–H and O–H groups in total. The van der Waals surface area contributed by atoms with Crippen molar-refractivity contribution >= 4 is 0 Å². The van der Waals surface area contributed by atoms with E-state index in [-0.39, 0.29) is 26.2 Å². The highest BCUT2D eigenvalue weighted by Crippen LogP contribution is 2.26. The summed E-state index contributed by atoms with van der Waals surface area (Å²) < 4.78 is 11.0. The smallest absolute Gasteiger partial charge is 0.199 e. The molecule has 0 saturated carbocycles. The predicted molar refractivity (Wildman–Crippen MR) is 70.6 cm³/mol. The van der Waals surface area contributed by atoms with Gasteiger partial charge in [-0.3, -0.25) is 0 Å². The standard InChI is InChI=1S/C13H28O6/c1-3-5-9-18-13(6-7-14,19-10-8-15)12(17)11(16)4-2/h11-12,14-17H,3-10H2,1-2H3. The third-order valence-corrected chi connectivity index (χ3v) is 2.98. The zero-order chi connectivity index (χ0) is 14.7. The molecule has 0 rings (SSSR count). The Balaban J connectivity index is 4.87. The van der Waals surface area contributed by atoms with Crippen LogP contribution in [0.5, 0.6) is 0 Å². The Morgan fingerprint density at radius 1 is 1.00 bits per heavy atom. The van der Waals surface area contributed by atoms with E-state index in [0.717, 1.165) is 12.8 Å². The molecule has 0 radical (unpaired) electrons. The van der Waals surface area contributed by atoms with Crippen LogP contribution in [0.25, 0.3) is 0 Å². The first kappa shape index (κ1) is 18.8.